The van der Waals surface area contributed by atoms with Crippen molar-refractivity contribution >= 4 is 21.6 Å². The SMILES string of the molecule is COc1cc(CBr)c([N+](=O)[O-])cc1OCC1CCC1. The van der Waals surface area contributed by atoms with Gasteiger partial charge in [0.05, 0.1) is 24.7 Å². The highest BCUT2D eigenvalue weighted by molar-refractivity contribution is 9.08. The Labute approximate surface area is 120 Å². The number of nitrogens with zero attached hydrogens (tertiary/aromatic N) is 1. The van der Waals surface area contributed by atoms with Crippen LogP contribution in [0.3, 0.4) is 0 Å². The number of hydrogen-bond donors (Lipinski definition) is 0. The fourth-order valence-electron chi connectivity index (χ4n) is 2.01. The lowest BCUT2D eigenvalue weighted by Gasteiger charge is -2.25. The zero-order valence-electron chi connectivity index (χ0n) is 10.7. The van der Waals surface area contributed by atoms with E-state index >= 15 is 0 Å². The first-order valence-electron chi connectivity index (χ1n) is 6.19. The summed E-state index contributed by atoms with van der Waals surface area (Å²) < 4.78 is 10.9. The van der Waals surface area contributed by atoms with Crippen molar-refractivity contribution < 1.29 is 14.4 Å². The zero-order chi connectivity index (χ0) is 13.8. The Morgan fingerprint density at radius 1 is 1.42 bits per heavy atom. The molecule has 0 amide bonds. The molecule has 1 saturated carbocycles. The Kier molecular flexibility index (Phi) is 4.63. The maximum Gasteiger partial charge on any atom is 0.277 e. The number of rotatable bonds is 6. The third-order valence-corrected chi connectivity index (χ3v) is 4.01. The van der Waals surface area contributed by atoms with Gasteiger partial charge in [0.2, 0.25) is 0 Å². The monoisotopic (exact) mass is 329 g/mol. The number of nitro groups is 1. The Bertz CT molecular complexity index is 474. The molecule has 0 N–H and O–H groups in total. The predicted octanol–water partition coefficient (Wildman–Crippen LogP) is 3.68. The van der Waals surface area contributed by atoms with Crippen LogP contribution in [0.5, 0.6) is 11.5 Å². The molecule has 0 spiro atoms. The molecule has 0 atom stereocenters. The van der Waals surface area contributed by atoms with E-state index in [2.05, 4.69) is 15.9 Å². The number of ether oxygens (including phenoxy) is 2. The third-order valence-electron chi connectivity index (χ3n) is 3.40. The van der Waals surface area contributed by atoms with Crippen LogP contribution in [0, 0.1) is 16.0 Å². The maximum absolute atomic E-state index is 11.0. The fraction of sp³-hybridized carbons (Fsp3) is 0.538. The number of alkyl halides is 1. The van der Waals surface area contributed by atoms with Crippen molar-refractivity contribution in [2.45, 2.75) is 24.6 Å². The van der Waals surface area contributed by atoms with Crippen LogP contribution in [-0.4, -0.2) is 18.6 Å². The van der Waals surface area contributed by atoms with E-state index in [1.807, 2.05) is 0 Å². The minimum atomic E-state index is -0.397. The summed E-state index contributed by atoms with van der Waals surface area (Å²) in [4.78, 5) is 10.6. The number of nitro benzene ring substituents is 1. The minimum absolute atomic E-state index is 0.0567. The first-order valence-corrected chi connectivity index (χ1v) is 7.32. The van der Waals surface area contributed by atoms with Gasteiger partial charge in [-0.25, -0.2) is 0 Å². The summed E-state index contributed by atoms with van der Waals surface area (Å²) in [5.41, 5.74) is 0.638. The van der Waals surface area contributed by atoms with E-state index in [0.717, 1.165) is 0 Å². The summed E-state index contributed by atoms with van der Waals surface area (Å²) >= 11 is 3.25. The summed E-state index contributed by atoms with van der Waals surface area (Å²) in [5, 5.41) is 11.4. The van der Waals surface area contributed by atoms with Crippen LogP contribution >= 0.6 is 15.9 Å². The molecule has 0 aromatic heterocycles. The lowest BCUT2D eigenvalue weighted by Crippen LogP contribution is -2.19. The topological polar surface area (TPSA) is 61.6 Å². The van der Waals surface area contributed by atoms with E-state index in [4.69, 9.17) is 9.47 Å². The quantitative estimate of drug-likeness (QED) is 0.453. The van der Waals surface area contributed by atoms with E-state index in [1.165, 1.54) is 32.4 Å². The average Bonchev–Trinajstić information content (AvgIpc) is 2.36. The molecule has 0 heterocycles. The predicted molar refractivity (Wildman–Crippen MR) is 75.1 cm³/mol. The van der Waals surface area contributed by atoms with Crippen molar-refractivity contribution in [3.8, 4) is 11.5 Å². The van der Waals surface area contributed by atoms with Crippen LogP contribution < -0.4 is 9.47 Å². The smallest absolute Gasteiger partial charge is 0.277 e. The molecule has 2 rings (SSSR count). The van der Waals surface area contributed by atoms with Crippen LogP contribution in [0.25, 0.3) is 0 Å². The standard InChI is InChI=1S/C13H16BrNO4/c1-18-12-5-10(7-14)11(15(16)17)6-13(12)19-8-9-3-2-4-9/h5-6,9H,2-4,7-8H2,1H3. The van der Waals surface area contributed by atoms with Gasteiger partial charge in [0.25, 0.3) is 5.69 Å². The molecule has 0 unspecified atom stereocenters. The van der Waals surface area contributed by atoms with Crippen molar-refractivity contribution in [3.63, 3.8) is 0 Å². The molecule has 0 aliphatic heterocycles. The summed E-state index contributed by atoms with van der Waals surface area (Å²) in [6.45, 7) is 0.598. The normalized spacial score (nSPS) is 14.8. The molecule has 1 fully saturated rings. The third kappa shape index (κ3) is 3.18. The van der Waals surface area contributed by atoms with Crippen molar-refractivity contribution in [1.82, 2.24) is 0 Å². The molecule has 5 nitrogen and oxygen atoms in total. The van der Waals surface area contributed by atoms with Gasteiger partial charge in [-0.1, -0.05) is 22.4 Å². The zero-order valence-corrected chi connectivity index (χ0v) is 12.3. The highest BCUT2D eigenvalue weighted by atomic mass is 79.9. The van der Waals surface area contributed by atoms with E-state index in [0.29, 0.717) is 34.9 Å². The Morgan fingerprint density at radius 2 is 2.16 bits per heavy atom. The van der Waals surface area contributed by atoms with Crippen molar-refractivity contribution in [2.75, 3.05) is 13.7 Å². The second-order valence-electron chi connectivity index (χ2n) is 4.63. The first-order chi connectivity index (χ1) is 9.15. The van der Waals surface area contributed by atoms with Gasteiger partial charge in [-0.15, -0.1) is 0 Å². The molecular formula is C13H16BrNO4. The molecular weight excluding hydrogens is 314 g/mol. The van der Waals surface area contributed by atoms with E-state index in [9.17, 15) is 10.1 Å². The number of methoxy groups -OCH3 is 1. The van der Waals surface area contributed by atoms with Gasteiger partial charge in [-0.2, -0.15) is 0 Å². The molecule has 19 heavy (non-hydrogen) atoms. The van der Waals surface area contributed by atoms with Gasteiger partial charge in [-0.3, -0.25) is 10.1 Å². The molecule has 1 aliphatic rings. The van der Waals surface area contributed by atoms with Crippen LogP contribution in [0.1, 0.15) is 24.8 Å². The minimum Gasteiger partial charge on any atom is -0.493 e. The number of benzene rings is 1. The Morgan fingerprint density at radius 3 is 2.63 bits per heavy atom. The summed E-state index contributed by atoms with van der Waals surface area (Å²) in [5.74, 6) is 1.56. The molecule has 0 saturated heterocycles. The van der Waals surface area contributed by atoms with E-state index in [1.54, 1.807) is 6.07 Å². The second kappa shape index (κ2) is 6.23. The van der Waals surface area contributed by atoms with Gasteiger partial charge >= 0.3 is 0 Å². The molecule has 1 aliphatic carbocycles. The molecule has 104 valence electrons. The molecule has 1 aromatic carbocycles. The van der Waals surface area contributed by atoms with Crippen molar-refractivity contribution in [1.29, 1.82) is 0 Å². The molecule has 0 radical (unpaired) electrons. The number of hydrogen-bond acceptors (Lipinski definition) is 4. The van der Waals surface area contributed by atoms with Gasteiger partial charge in [-0.05, 0) is 24.8 Å². The largest absolute Gasteiger partial charge is 0.493 e. The first kappa shape index (κ1) is 14.1. The highest BCUT2D eigenvalue weighted by Crippen LogP contribution is 2.37. The summed E-state index contributed by atoms with van der Waals surface area (Å²) in [6.07, 6.45) is 3.58. The Hall–Kier alpha value is -1.30. The van der Waals surface area contributed by atoms with Gasteiger partial charge in [0.1, 0.15) is 0 Å². The molecule has 1 aromatic rings. The van der Waals surface area contributed by atoms with Crippen LogP contribution in [0.15, 0.2) is 12.1 Å². The van der Waals surface area contributed by atoms with Crippen molar-refractivity contribution in [3.05, 3.63) is 27.8 Å². The van der Waals surface area contributed by atoms with Crippen LogP contribution in [0.4, 0.5) is 5.69 Å². The molecule has 0 bridgehead atoms. The van der Waals surface area contributed by atoms with Gasteiger partial charge in [0, 0.05) is 10.9 Å². The summed E-state index contributed by atoms with van der Waals surface area (Å²) in [7, 11) is 1.54. The fourth-order valence-corrected chi connectivity index (χ4v) is 2.46. The van der Waals surface area contributed by atoms with Gasteiger partial charge < -0.3 is 9.47 Å². The maximum atomic E-state index is 11.0. The van der Waals surface area contributed by atoms with Crippen LogP contribution in [-0.2, 0) is 5.33 Å². The average molecular weight is 330 g/mol. The number of halogens is 1. The summed E-state index contributed by atoms with van der Waals surface area (Å²) in [6, 6.07) is 3.11. The Balaban J connectivity index is 2.23. The lowest BCUT2D eigenvalue weighted by atomic mass is 9.86. The lowest BCUT2D eigenvalue weighted by molar-refractivity contribution is -0.385. The van der Waals surface area contributed by atoms with E-state index < -0.39 is 4.92 Å². The van der Waals surface area contributed by atoms with Crippen LogP contribution in [0.2, 0.25) is 0 Å². The second-order valence-corrected chi connectivity index (χ2v) is 5.19. The van der Waals surface area contributed by atoms with Crippen molar-refractivity contribution in [2.24, 2.45) is 5.92 Å². The highest BCUT2D eigenvalue weighted by Gasteiger charge is 2.22. The molecule has 6 heteroatoms. The van der Waals surface area contributed by atoms with E-state index in [-0.39, 0.29) is 5.69 Å². The van der Waals surface area contributed by atoms with Gasteiger partial charge in [0.15, 0.2) is 11.5 Å².